The van der Waals surface area contributed by atoms with Crippen LogP contribution in [0, 0.1) is 17.8 Å². The number of rotatable bonds is 2. The lowest BCUT2D eigenvalue weighted by Crippen LogP contribution is -2.30. The van der Waals surface area contributed by atoms with E-state index in [0.717, 1.165) is 19.3 Å². The van der Waals surface area contributed by atoms with E-state index >= 15 is 0 Å². The van der Waals surface area contributed by atoms with Crippen molar-refractivity contribution in [3.8, 4) is 0 Å². The van der Waals surface area contributed by atoms with Crippen molar-refractivity contribution in [1.82, 2.24) is 0 Å². The van der Waals surface area contributed by atoms with E-state index < -0.39 is 5.97 Å². The SMILES string of the molecule is CC1=C2[C@@H]([C@H](C)CC[C@H]2/C=C(\C)C(=O)O)[C@@H](O)C1. The first-order chi connectivity index (χ1) is 8.41. The molecular formula is C15H22O3. The van der Waals surface area contributed by atoms with Gasteiger partial charge in [0.1, 0.15) is 0 Å². The number of carboxylic acids is 1. The summed E-state index contributed by atoms with van der Waals surface area (Å²) in [6, 6.07) is 0. The highest BCUT2D eigenvalue weighted by atomic mass is 16.4. The summed E-state index contributed by atoms with van der Waals surface area (Å²) in [5, 5.41) is 19.1. The van der Waals surface area contributed by atoms with Crippen molar-refractivity contribution in [2.24, 2.45) is 17.8 Å². The number of fused-ring (bicyclic) bond motifs is 1. The quantitative estimate of drug-likeness (QED) is 0.585. The van der Waals surface area contributed by atoms with E-state index in [1.165, 1.54) is 11.1 Å². The number of aliphatic carboxylic acids is 1. The number of allylic oxidation sites excluding steroid dienone is 1. The number of aliphatic hydroxyl groups excluding tert-OH is 1. The molecule has 0 heterocycles. The standard InChI is InChI=1S/C15H22O3/c1-8-4-5-11(6-10(3)15(17)18)13-9(2)7-12(16)14(8)13/h6,8,11-12,14,16H,4-5,7H2,1-3H3,(H,17,18)/b10-6+/t8-,11+,12+,14+/m1/s1. The molecule has 0 aromatic carbocycles. The molecule has 0 aromatic rings. The molecule has 3 heteroatoms. The summed E-state index contributed by atoms with van der Waals surface area (Å²) in [4.78, 5) is 10.9. The van der Waals surface area contributed by atoms with Crippen LogP contribution >= 0.6 is 0 Å². The van der Waals surface area contributed by atoms with Crippen LogP contribution in [0.15, 0.2) is 22.8 Å². The van der Waals surface area contributed by atoms with Crippen molar-refractivity contribution in [3.63, 3.8) is 0 Å². The second-order valence-electron chi connectivity index (χ2n) is 5.85. The Kier molecular flexibility index (Phi) is 3.62. The first kappa shape index (κ1) is 13.3. The third kappa shape index (κ3) is 2.24. The third-order valence-electron chi connectivity index (χ3n) is 4.52. The summed E-state index contributed by atoms with van der Waals surface area (Å²) in [7, 11) is 0. The molecule has 0 bridgehead atoms. The van der Waals surface area contributed by atoms with Gasteiger partial charge in [0.15, 0.2) is 0 Å². The highest BCUT2D eigenvalue weighted by Gasteiger charge is 2.41. The zero-order valence-electron chi connectivity index (χ0n) is 11.3. The van der Waals surface area contributed by atoms with Gasteiger partial charge in [-0.3, -0.25) is 0 Å². The van der Waals surface area contributed by atoms with Crippen LogP contribution in [-0.4, -0.2) is 22.3 Å². The average molecular weight is 250 g/mol. The molecule has 0 aromatic heterocycles. The maximum atomic E-state index is 10.9. The number of carbonyl (C=O) groups is 1. The second kappa shape index (κ2) is 4.88. The van der Waals surface area contributed by atoms with Gasteiger partial charge >= 0.3 is 5.97 Å². The Morgan fingerprint density at radius 3 is 2.67 bits per heavy atom. The molecule has 0 unspecified atom stereocenters. The second-order valence-corrected chi connectivity index (χ2v) is 5.85. The normalized spacial score (nSPS) is 36.8. The monoisotopic (exact) mass is 250 g/mol. The van der Waals surface area contributed by atoms with Crippen LogP contribution in [0.1, 0.15) is 40.0 Å². The van der Waals surface area contributed by atoms with Crippen molar-refractivity contribution in [2.45, 2.75) is 46.1 Å². The molecule has 0 radical (unpaired) electrons. The molecule has 2 rings (SSSR count). The smallest absolute Gasteiger partial charge is 0.330 e. The van der Waals surface area contributed by atoms with Gasteiger partial charge in [-0.15, -0.1) is 0 Å². The number of hydrogen-bond donors (Lipinski definition) is 2. The predicted molar refractivity (Wildman–Crippen MR) is 70.1 cm³/mol. The van der Waals surface area contributed by atoms with E-state index in [4.69, 9.17) is 5.11 Å². The maximum absolute atomic E-state index is 10.9. The molecule has 4 atom stereocenters. The van der Waals surface area contributed by atoms with Crippen LogP contribution in [0.4, 0.5) is 0 Å². The minimum Gasteiger partial charge on any atom is -0.478 e. The van der Waals surface area contributed by atoms with Gasteiger partial charge in [-0.2, -0.15) is 0 Å². The first-order valence-corrected chi connectivity index (χ1v) is 6.71. The van der Waals surface area contributed by atoms with Crippen LogP contribution in [-0.2, 0) is 4.79 Å². The summed E-state index contributed by atoms with van der Waals surface area (Å²) in [6.45, 7) is 5.92. The van der Waals surface area contributed by atoms with Crippen molar-refractivity contribution in [3.05, 3.63) is 22.8 Å². The molecule has 2 N–H and O–H groups in total. The Bertz CT molecular complexity index is 419. The molecule has 100 valence electrons. The summed E-state index contributed by atoms with van der Waals surface area (Å²) < 4.78 is 0. The highest BCUT2D eigenvalue weighted by Crippen LogP contribution is 2.48. The van der Waals surface area contributed by atoms with Crippen molar-refractivity contribution in [2.75, 3.05) is 0 Å². The molecule has 0 aliphatic heterocycles. The summed E-state index contributed by atoms with van der Waals surface area (Å²) in [6.07, 6.45) is 4.42. The van der Waals surface area contributed by atoms with E-state index in [1.807, 2.05) is 6.08 Å². The van der Waals surface area contributed by atoms with Gasteiger partial charge in [0.2, 0.25) is 0 Å². The van der Waals surface area contributed by atoms with Gasteiger partial charge in [-0.1, -0.05) is 24.1 Å². The summed E-state index contributed by atoms with van der Waals surface area (Å²) in [5.74, 6) is 0.102. The number of hydrogen-bond acceptors (Lipinski definition) is 2. The lowest BCUT2D eigenvalue weighted by Gasteiger charge is -2.35. The molecule has 0 spiro atoms. The largest absolute Gasteiger partial charge is 0.478 e. The number of aliphatic hydroxyl groups is 1. The Balaban J connectivity index is 2.31. The van der Waals surface area contributed by atoms with Crippen molar-refractivity contribution >= 4 is 5.97 Å². The van der Waals surface area contributed by atoms with Crippen LogP contribution in [0.3, 0.4) is 0 Å². The molecule has 1 saturated carbocycles. The average Bonchev–Trinajstić information content (AvgIpc) is 2.59. The molecule has 2 aliphatic rings. The topological polar surface area (TPSA) is 57.5 Å². The van der Waals surface area contributed by atoms with Crippen molar-refractivity contribution in [1.29, 1.82) is 0 Å². The van der Waals surface area contributed by atoms with Crippen LogP contribution in [0.5, 0.6) is 0 Å². The van der Waals surface area contributed by atoms with Crippen molar-refractivity contribution < 1.29 is 15.0 Å². The van der Waals surface area contributed by atoms with E-state index in [-0.39, 0.29) is 17.9 Å². The molecule has 0 amide bonds. The Labute approximate surface area is 108 Å². The van der Waals surface area contributed by atoms with Crippen LogP contribution in [0.2, 0.25) is 0 Å². The predicted octanol–water partition coefficient (Wildman–Crippen LogP) is 2.76. The van der Waals surface area contributed by atoms with Gasteiger partial charge < -0.3 is 10.2 Å². The molecule has 3 nitrogen and oxygen atoms in total. The third-order valence-corrected chi connectivity index (χ3v) is 4.52. The summed E-state index contributed by atoms with van der Waals surface area (Å²) in [5.41, 5.74) is 2.98. The minimum absolute atomic E-state index is 0.208. The molecular weight excluding hydrogens is 228 g/mol. The maximum Gasteiger partial charge on any atom is 0.330 e. The Morgan fingerprint density at radius 1 is 1.39 bits per heavy atom. The zero-order valence-corrected chi connectivity index (χ0v) is 11.3. The lowest BCUT2D eigenvalue weighted by molar-refractivity contribution is -0.132. The van der Waals surface area contributed by atoms with Crippen LogP contribution < -0.4 is 0 Å². The fourth-order valence-electron chi connectivity index (χ4n) is 3.62. The van der Waals surface area contributed by atoms with Crippen LogP contribution in [0.25, 0.3) is 0 Å². The molecule has 2 aliphatic carbocycles. The van der Waals surface area contributed by atoms with E-state index in [9.17, 15) is 9.90 Å². The molecule has 1 fully saturated rings. The Hall–Kier alpha value is -1.09. The molecule has 0 saturated heterocycles. The van der Waals surface area contributed by atoms with Gasteiger partial charge in [0, 0.05) is 11.5 Å². The number of carboxylic acid groups (broad SMARTS) is 1. The highest BCUT2D eigenvalue weighted by molar-refractivity contribution is 5.85. The fraction of sp³-hybridized carbons (Fsp3) is 0.667. The van der Waals surface area contributed by atoms with Gasteiger partial charge in [-0.25, -0.2) is 4.79 Å². The van der Waals surface area contributed by atoms with E-state index in [1.54, 1.807) is 6.92 Å². The van der Waals surface area contributed by atoms with E-state index in [0.29, 0.717) is 11.5 Å². The van der Waals surface area contributed by atoms with E-state index in [2.05, 4.69) is 13.8 Å². The molecule has 18 heavy (non-hydrogen) atoms. The first-order valence-electron chi connectivity index (χ1n) is 6.71. The zero-order chi connectivity index (χ0) is 13.4. The summed E-state index contributed by atoms with van der Waals surface area (Å²) >= 11 is 0. The minimum atomic E-state index is -0.845. The van der Waals surface area contributed by atoms with Gasteiger partial charge in [0.25, 0.3) is 0 Å². The van der Waals surface area contributed by atoms with Gasteiger partial charge in [0.05, 0.1) is 6.10 Å². The Morgan fingerprint density at radius 2 is 2.06 bits per heavy atom. The van der Waals surface area contributed by atoms with Gasteiger partial charge in [-0.05, 0) is 44.9 Å². The lowest BCUT2D eigenvalue weighted by atomic mass is 9.70. The fourth-order valence-corrected chi connectivity index (χ4v) is 3.62.